The third-order valence-corrected chi connectivity index (χ3v) is 25.9. The molecule has 0 bridgehead atoms. The molecule has 9 heterocycles. The Hall–Kier alpha value is -7.71. The van der Waals surface area contributed by atoms with Gasteiger partial charge >= 0.3 is 23.9 Å². The van der Waals surface area contributed by atoms with Gasteiger partial charge in [-0.05, 0) is 0 Å². The van der Waals surface area contributed by atoms with E-state index in [2.05, 4.69) is 16.0 Å². The molecule has 0 aliphatic carbocycles. The van der Waals surface area contributed by atoms with Gasteiger partial charge in [-0.2, -0.15) is 0 Å². The van der Waals surface area contributed by atoms with Gasteiger partial charge in [-0.15, -0.1) is 0 Å². The number of hydrogen-bond donors (Lipinski definition) is 41. The van der Waals surface area contributed by atoms with Crippen LogP contribution in [-0.4, -0.2) is 623 Å². The van der Waals surface area contributed by atoms with E-state index in [9.17, 15) is 226 Å². The summed E-state index contributed by atoms with van der Waals surface area (Å²) in [6, 6.07) is -15.2. The lowest BCUT2D eigenvalue weighted by molar-refractivity contribution is -0.395. The van der Waals surface area contributed by atoms with Crippen molar-refractivity contribution in [3.05, 3.63) is 0 Å². The monoisotopic (exact) mass is 2180 g/mol. The number of carboxylic acid groups (broad SMARTS) is 4. The van der Waals surface area contributed by atoms with Gasteiger partial charge in [-0.3, -0.25) is 33.6 Å². The summed E-state index contributed by atoms with van der Waals surface area (Å²) in [6.45, 7) is -16.2. The van der Waals surface area contributed by atoms with Crippen molar-refractivity contribution in [1.29, 1.82) is 0 Å². The molecule has 0 radical (unpaired) electrons. The molecule has 9 fully saturated rings. The molecule has 9 aliphatic rings. The normalized spacial score (nSPS) is 41.2. The molecule has 0 aromatic heterocycles. The number of rotatable bonds is 48. The van der Waals surface area contributed by atoms with Gasteiger partial charge in [0.2, 0.25) is 41.4 Å². The van der Waals surface area contributed by atoms with Crippen molar-refractivity contribution in [3.63, 3.8) is 0 Å². The molecule has 9 rings (SSSR count). The molecule has 0 aromatic rings. The highest BCUT2D eigenvalue weighted by molar-refractivity contribution is 5.81. The fourth-order valence-electron chi connectivity index (χ4n) is 18.5. The molecule has 69 heteroatoms. The average molecular weight is 2180 g/mol. The molecule has 0 saturated carbocycles. The largest absolute Gasteiger partial charge is 0.477 e. The van der Waals surface area contributed by atoms with Crippen molar-refractivity contribution < 1.29 is 307 Å². The van der Waals surface area contributed by atoms with Crippen LogP contribution in [0.25, 0.3) is 0 Å². The minimum atomic E-state index is -3.78. The van der Waals surface area contributed by atoms with Gasteiger partial charge in [0, 0.05) is 46.5 Å². The zero-order valence-electron chi connectivity index (χ0n) is 78.6. The number of nitrogens with one attached hydrogen (secondary N) is 7. The highest BCUT2D eigenvalue weighted by atomic mass is 16.8. The van der Waals surface area contributed by atoms with Crippen LogP contribution in [0.2, 0.25) is 0 Å². The first-order chi connectivity index (χ1) is 70.0. The Morgan fingerprint density at radius 1 is 0.302 bits per heavy atom. The predicted molar refractivity (Wildman–Crippen MR) is 453 cm³/mol. The van der Waals surface area contributed by atoms with E-state index < -0.39 is 475 Å². The third-order valence-electron chi connectivity index (χ3n) is 25.9. The van der Waals surface area contributed by atoms with Gasteiger partial charge in [-0.1, -0.05) is 0 Å². The fourth-order valence-corrected chi connectivity index (χ4v) is 18.5. The number of hydrogen-bond acceptors (Lipinski definition) is 58. The summed E-state index contributed by atoms with van der Waals surface area (Å²) in [5.74, 6) is -32.9. The Bertz CT molecular complexity index is 4420. The standard InChI is InChI=1S/C80H129N7O62/c1-21(100)81-45-55(120)50(115)30(10-90)135-69(45)140-60-35(15-95)137-70(47(83-23(3)102)66(60)149-80(76(131)132)7-27(106)42(85-38(110)17-97)63(147-80)49(114)29(108)9-89)142-67-51(116)31(11-91)136-72(58(67)123)139-59-34(14-94)138-71(57(122)56(59)121)141-61-46(82-22(2)101)68(124)134-36(54(61)119)20-133-77(73(125)126)4-24(103)43(86-39(111)18-98)64(145-77)52(117)32(12-92)144-79(75(129)130)6-26(105)44(87-40(112)19-99)65(148-79)53(118)33(13-93)143-78(74(127)128)5-25(104)41(84-37(109)16-96)62(146-78)48(113)28(107)8-88/h24-36,41-72,88-99,103-108,113-124H,4-20H2,1-3H3,(H,81,100)(H,82,101)(H,83,102)(H,84,109)(H,85,110)(H,86,111)(H,87,112)(H,125,126)(H,127,128)(H,129,130)(H,131,132)/t24-,25-,26-,27-,28+,29+,30+,31+,32+,33+,34+,35+,36+,41+,42+,43+,44+,45+,46+,47+,48+,49+,50-,51-,52+,53+,54-,55+,56+,57+,58+,59-,60-,61+,62+,63+,64+,65+,66+,67-,68-,69-,70-,71-,72-,77+,78+,79+,80-/m0/s1. The number of carbonyl (C=O) groups is 11. The summed E-state index contributed by atoms with van der Waals surface area (Å²) < 4.78 is 99.4. The molecule has 7 amide bonds. The van der Waals surface area contributed by atoms with E-state index in [-0.39, 0.29) is 0 Å². The van der Waals surface area contributed by atoms with E-state index in [4.69, 9.17) is 80.5 Å². The Kier molecular flexibility index (Phi) is 44.9. The fraction of sp³-hybridized carbons (Fsp3) is 0.863. The minimum Gasteiger partial charge on any atom is -0.477 e. The van der Waals surface area contributed by atoms with Crippen LogP contribution in [-0.2, 0) is 133 Å². The second kappa shape index (κ2) is 53.6. The maximum absolute atomic E-state index is 14.0. The number of amides is 7. The summed E-state index contributed by atoms with van der Waals surface area (Å²) in [6.07, 6.45) is -99.5. The molecule has 0 unspecified atom stereocenters. The van der Waals surface area contributed by atoms with E-state index in [1.54, 1.807) is 0 Å². The van der Waals surface area contributed by atoms with Crippen LogP contribution in [0.4, 0.5) is 0 Å². The van der Waals surface area contributed by atoms with Gasteiger partial charge in [0.15, 0.2) is 31.5 Å². The smallest absolute Gasteiger partial charge is 0.364 e. The molecule has 41 N–H and O–H groups in total. The van der Waals surface area contributed by atoms with Gasteiger partial charge < -0.3 is 291 Å². The Labute approximate surface area is 837 Å². The highest BCUT2D eigenvalue weighted by Gasteiger charge is 2.68. The minimum absolute atomic E-state index is 0.775. The summed E-state index contributed by atoms with van der Waals surface area (Å²) in [5, 5.41) is 392. The van der Waals surface area contributed by atoms with Crippen molar-refractivity contribution in [2.24, 2.45) is 0 Å². The summed E-state index contributed by atoms with van der Waals surface area (Å²) in [5.41, 5.74) is 0. The van der Waals surface area contributed by atoms with Crippen LogP contribution in [0, 0.1) is 0 Å². The molecule has 49 atom stereocenters. The lowest BCUT2D eigenvalue weighted by Crippen LogP contribution is -2.74. The van der Waals surface area contributed by atoms with Crippen LogP contribution >= 0.6 is 0 Å². The Morgan fingerprint density at radius 2 is 0.624 bits per heavy atom. The van der Waals surface area contributed by atoms with Crippen molar-refractivity contribution in [3.8, 4) is 0 Å². The molecule has 9 saturated heterocycles. The average Bonchev–Trinajstić information content (AvgIpc) is 0.743. The van der Waals surface area contributed by atoms with Crippen LogP contribution in [0.1, 0.15) is 46.5 Å². The van der Waals surface area contributed by atoms with E-state index in [0.29, 0.717) is 0 Å². The lowest BCUT2D eigenvalue weighted by Gasteiger charge is -2.53. The van der Waals surface area contributed by atoms with Crippen LogP contribution in [0.15, 0.2) is 0 Å². The predicted octanol–water partition coefficient (Wildman–Crippen LogP) is -26.9. The Balaban J connectivity index is 0.985. The van der Waals surface area contributed by atoms with Crippen LogP contribution < -0.4 is 37.2 Å². The van der Waals surface area contributed by atoms with Gasteiger partial charge in [-0.25, -0.2) is 19.2 Å². The second-order valence-corrected chi connectivity index (χ2v) is 36.2. The Morgan fingerprint density at radius 3 is 1.03 bits per heavy atom. The maximum Gasteiger partial charge on any atom is 0.364 e. The first-order valence-electron chi connectivity index (χ1n) is 45.8. The van der Waals surface area contributed by atoms with E-state index in [1.807, 2.05) is 21.3 Å². The number of carboxylic acids is 4. The summed E-state index contributed by atoms with van der Waals surface area (Å²) in [4.78, 5) is 145. The quantitative estimate of drug-likeness (QED) is 0.0269. The van der Waals surface area contributed by atoms with Crippen molar-refractivity contribution >= 4 is 65.2 Å². The molecule has 9 aliphatic heterocycles. The van der Waals surface area contributed by atoms with E-state index in [0.717, 1.165) is 20.8 Å². The second-order valence-electron chi connectivity index (χ2n) is 36.2. The molecule has 0 aromatic carbocycles. The third kappa shape index (κ3) is 28.0. The van der Waals surface area contributed by atoms with Crippen molar-refractivity contribution in [1.82, 2.24) is 37.2 Å². The van der Waals surface area contributed by atoms with Crippen LogP contribution in [0.3, 0.4) is 0 Å². The van der Waals surface area contributed by atoms with Gasteiger partial charge in [0.05, 0.1) is 108 Å². The number of aliphatic hydroxyl groups is 30. The molecule has 149 heavy (non-hydrogen) atoms. The first kappa shape index (κ1) is 125. The highest BCUT2D eigenvalue weighted by Crippen LogP contribution is 2.46. The molecule has 0 spiro atoms. The van der Waals surface area contributed by atoms with Gasteiger partial charge in [0.1, 0.15) is 222 Å². The summed E-state index contributed by atoms with van der Waals surface area (Å²) in [7, 11) is 0. The summed E-state index contributed by atoms with van der Waals surface area (Å²) >= 11 is 0. The van der Waals surface area contributed by atoms with E-state index in [1.165, 1.54) is 0 Å². The topological polar surface area (TPSA) is 1120 Å². The van der Waals surface area contributed by atoms with Gasteiger partial charge in [0.25, 0.3) is 23.1 Å². The molecular weight excluding hydrogens is 2050 g/mol. The zero-order chi connectivity index (χ0) is 111. The van der Waals surface area contributed by atoms with Crippen molar-refractivity contribution in [2.75, 3.05) is 85.9 Å². The number of carbonyl (C=O) groups excluding carboxylic acids is 7. The molecule has 69 nitrogen and oxygen atoms in total. The molecular formula is C80H129N7O62. The lowest BCUT2D eigenvalue weighted by atomic mass is 9.86. The van der Waals surface area contributed by atoms with Crippen LogP contribution in [0.5, 0.6) is 0 Å². The number of aliphatic carboxylic acids is 4. The number of aliphatic hydroxyl groups excluding tert-OH is 30. The number of ether oxygens (including phenoxy) is 17. The van der Waals surface area contributed by atoms with Crippen molar-refractivity contribution in [2.45, 2.75) is 345 Å². The maximum atomic E-state index is 14.0. The molecule has 856 valence electrons. The zero-order valence-corrected chi connectivity index (χ0v) is 78.6. The first-order valence-corrected chi connectivity index (χ1v) is 45.8. The van der Waals surface area contributed by atoms with E-state index >= 15 is 0 Å². The SMILES string of the molecule is CC(=O)N[C@@H]1[C@@H](O[C@@H]2O[C@H](CO)[C@H](O[C@@H]3O[C@H](CO)[C@H](O)[C@H](O[C@@H]4O[C@H](CO)[C@H](O[C@@H]5O[C@H](CO)[C@H](O)[C@H](O)[C@H]5NC(C)=O)[C@H](O[C@]5(C(=O)O)C[C@H](O)[C@@H](NC(=O)CO)[C@H]([C@H](O)[C@H](O)CO)O5)[C@H]4NC(C)=O)[C@H]3O)[C@H](O)[C@H]2O)[C@@H](O)[C@@H](CO[C@]2(C(=O)O)C[C@H](O)[C@@H](NC(=O)CO)[C@H]([C@H](O)[C@@H](CO)O[C@]3(C(=O)O)C[C@H](O)[C@@H](NC(=O)CO)[C@H]([C@H](O)[C@@H](CO)O[C@]4(C(=O)O)C[C@H](O)[C@@H](NC(=O)CO)[C@H]([C@H](O)[C@H](O)CO)O4)O3)O2)O[C@@H]1O.